The average molecular weight is 477 g/mol. The fourth-order valence-electron chi connectivity index (χ4n) is 1.59. The highest BCUT2D eigenvalue weighted by atomic mass is 28.3. The van der Waals surface area contributed by atoms with Gasteiger partial charge in [-0.3, -0.25) is 4.79 Å². The quantitative estimate of drug-likeness (QED) is 0.224. The van der Waals surface area contributed by atoms with Crippen LogP contribution in [0.25, 0.3) is 12.2 Å². The number of hydrogen-bond donors (Lipinski definition) is 1. The first-order valence-corrected chi connectivity index (χ1v) is 12.9. The molecule has 2 rings (SSSR count). The zero-order chi connectivity index (χ0) is 24.8. The molecule has 1 unspecified atom stereocenters. The summed E-state index contributed by atoms with van der Waals surface area (Å²) >= 11 is 0. The molecule has 2 nitrogen and oxygen atoms in total. The van der Waals surface area contributed by atoms with Gasteiger partial charge in [0.05, 0.1) is 0 Å². The molecule has 0 saturated carbocycles. The van der Waals surface area contributed by atoms with E-state index >= 15 is 0 Å². The number of alkyl halides is 6. The van der Waals surface area contributed by atoms with Gasteiger partial charge in [0.2, 0.25) is 0 Å². The summed E-state index contributed by atoms with van der Waals surface area (Å²) < 4.78 is 70.4. The van der Waals surface area contributed by atoms with E-state index in [9.17, 15) is 31.1 Å². The summed E-state index contributed by atoms with van der Waals surface area (Å²) in [6.07, 6.45) is -1.02. The molecule has 0 aliphatic carbocycles. The largest absolute Gasteiger partial charge is 0.417 e. The van der Waals surface area contributed by atoms with E-state index in [1.165, 1.54) is 31.8 Å². The van der Waals surface area contributed by atoms with Crippen LogP contribution in [0, 0.1) is 0 Å². The molecule has 0 radical (unpaired) electrons. The minimum absolute atomic E-state index is 0.621. The van der Waals surface area contributed by atoms with Crippen LogP contribution in [0.5, 0.6) is 0 Å². The summed E-state index contributed by atoms with van der Waals surface area (Å²) in [5.41, 5.74) is 1.67. The van der Waals surface area contributed by atoms with Crippen molar-refractivity contribution in [3.8, 4) is 0 Å². The number of carbonyl (C=O) groups is 1. The van der Waals surface area contributed by atoms with Crippen molar-refractivity contribution >= 4 is 26.5 Å². The second-order valence-electron chi connectivity index (χ2n) is 7.41. The predicted octanol–water partition coefficient (Wildman–Crippen LogP) is 6.95. The molecule has 0 aliphatic rings. The number of allylic oxidation sites excluding steroid dienone is 1. The Morgan fingerprint density at radius 2 is 1.16 bits per heavy atom. The van der Waals surface area contributed by atoms with Crippen molar-refractivity contribution < 1.29 is 36.2 Å². The van der Waals surface area contributed by atoms with Crippen LogP contribution in [0.2, 0.25) is 19.6 Å². The first-order valence-electron chi connectivity index (χ1n) is 9.40. The van der Waals surface area contributed by atoms with Crippen LogP contribution in [0.3, 0.4) is 0 Å². The van der Waals surface area contributed by atoms with Crippen LogP contribution in [0.15, 0.2) is 72.8 Å². The Bertz CT molecular complexity index is 812. The zero-order valence-electron chi connectivity index (χ0n) is 17.9. The Hall–Kier alpha value is -2.65. The van der Waals surface area contributed by atoms with Gasteiger partial charge in [-0.15, -0.1) is 0 Å². The van der Waals surface area contributed by atoms with Gasteiger partial charge in [0.15, 0.2) is 14.2 Å². The van der Waals surface area contributed by atoms with Gasteiger partial charge < -0.3 is 5.11 Å². The maximum Gasteiger partial charge on any atom is 0.417 e. The molecule has 0 saturated heterocycles. The van der Waals surface area contributed by atoms with Crippen LogP contribution in [-0.4, -0.2) is 37.5 Å². The van der Waals surface area contributed by atoms with Crippen molar-refractivity contribution in [2.45, 2.75) is 37.7 Å². The topological polar surface area (TPSA) is 37.3 Å². The van der Waals surface area contributed by atoms with Crippen LogP contribution in [0.1, 0.15) is 11.1 Å². The molecule has 0 bridgehead atoms. The van der Waals surface area contributed by atoms with E-state index in [0.717, 1.165) is 17.9 Å². The van der Waals surface area contributed by atoms with E-state index in [2.05, 4.69) is 0 Å². The normalized spacial score (nSPS) is 13.1. The third-order valence-corrected chi connectivity index (χ3v) is 5.32. The monoisotopic (exact) mass is 476 g/mol. The van der Waals surface area contributed by atoms with Crippen LogP contribution in [-0.2, 0) is 4.79 Å². The number of carbonyl (C=O) groups excluding carboxylic acids is 1. The molecule has 0 aromatic heterocycles. The smallest absolute Gasteiger partial charge is 0.380 e. The number of rotatable bonds is 4. The summed E-state index contributed by atoms with van der Waals surface area (Å²) in [4.78, 5) is 9.89. The second kappa shape index (κ2) is 13.7. The van der Waals surface area contributed by atoms with Gasteiger partial charge in [0.25, 0.3) is 0 Å². The Balaban J connectivity index is 0.000000472. The minimum Gasteiger partial charge on any atom is -0.380 e. The van der Waals surface area contributed by atoms with Gasteiger partial charge in [-0.2, -0.15) is 26.3 Å². The summed E-state index contributed by atoms with van der Waals surface area (Å²) in [7, 11) is -2.86. The lowest BCUT2D eigenvalue weighted by atomic mass is 10.2. The van der Waals surface area contributed by atoms with Crippen LogP contribution in [0.4, 0.5) is 26.3 Å². The molecule has 1 N–H and O–H groups in total. The molecule has 2 aromatic carbocycles. The van der Waals surface area contributed by atoms with Crippen LogP contribution >= 0.6 is 0 Å². The Kier molecular flexibility index (Phi) is 12.6. The van der Waals surface area contributed by atoms with Crippen molar-refractivity contribution in [2.75, 3.05) is 0 Å². The molecule has 0 fully saturated rings. The van der Waals surface area contributed by atoms with Gasteiger partial charge in [-0.25, -0.2) is 0 Å². The fourth-order valence-corrected chi connectivity index (χ4v) is 1.59. The summed E-state index contributed by atoms with van der Waals surface area (Å²) in [5, 5.41) is 8.64. The zero-order valence-corrected chi connectivity index (χ0v) is 18.9. The van der Waals surface area contributed by atoms with Gasteiger partial charge >= 0.3 is 12.0 Å². The predicted molar refractivity (Wildman–Crippen MR) is 118 cm³/mol. The second-order valence-corrected chi connectivity index (χ2v) is 12.5. The third kappa shape index (κ3) is 13.6. The van der Waals surface area contributed by atoms with E-state index in [1.807, 2.05) is 30.3 Å². The molecular formula is C23H26F6O2Si. The number of hydrogen-bond acceptors (Lipinski definition) is 2. The average Bonchev–Trinajstić information content (AvgIpc) is 2.71. The van der Waals surface area contributed by atoms with Gasteiger partial charge in [-0.1, -0.05) is 92.5 Å². The van der Waals surface area contributed by atoms with E-state index in [0.29, 0.717) is 5.56 Å². The Labute approximate surface area is 184 Å². The summed E-state index contributed by atoms with van der Waals surface area (Å²) in [6.45, 7) is 3.85. The molecule has 176 valence electrons. The first kappa shape index (κ1) is 29.3. The summed E-state index contributed by atoms with van der Waals surface area (Å²) in [5.74, 6) is -3.92. The Morgan fingerprint density at radius 3 is 1.47 bits per heavy atom. The first-order chi connectivity index (χ1) is 14.7. The van der Waals surface area contributed by atoms with Gasteiger partial charge in [-0.05, 0) is 23.3 Å². The van der Waals surface area contributed by atoms with Crippen LogP contribution < -0.4 is 0 Å². The minimum atomic E-state index is -4.59. The number of halogens is 6. The molecule has 0 amide bonds. The van der Waals surface area contributed by atoms with E-state index in [1.54, 1.807) is 36.4 Å². The van der Waals surface area contributed by atoms with Gasteiger partial charge in [0, 0.05) is 0 Å². The highest BCUT2D eigenvalue weighted by molar-refractivity contribution is 6.77. The fraction of sp³-hybridized carbons (Fsp3) is 0.261. The molecule has 1 atom stereocenters. The van der Waals surface area contributed by atoms with E-state index in [-0.39, 0.29) is 0 Å². The maximum absolute atomic E-state index is 11.9. The number of benzene rings is 2. The van der Waals surface area contributed by atoms with Crippen molar-refractivity contribution in [3.63, 3.8) is 0 Å². The summed E-state index contributed by atoms with van der Waals surface area (Å²) in [6, 6.07) is 18.2. The Morgan fingerprint density at radius 1 is 0.781 bits per heavy atom. The van der Waals surface area contributed by atoms with E-state index in [4.69, 9.17) is 5.11 Å². The van der Waals surface area contributed by atoms with Crippen molar-refractivity contribution in [3.05, 3.63) is 83.9 Å². The van der Waals surface area contributed by atoms with E-state index < -0.39 is 26.2 Å². The highest BCUT2D eigenvalue weighted by Crippen LogP contribution is 2.27. The molecular weight excluding hydrogens is 450 g/mol. The maximum atomic E-state index is 11.9. The molecule has 0 aliphatic heterocycles. The number of aliphatic hydroxyl groups is 1. The molecule has 2 aromatic rings. The number of aldehydes is 1. The molecule has 9 heteroatoms. The lowest BCUT2D eigenvalue weighted by molar-refractivity contribution is -0.187. The standard InChI is InChI=1S/C10H9F3O.C9H8O.C4H9F3Si/c11-10(12,13)9(14)7-6-8-4-2-1-3-5-8;10-8-4-7-9-5-2-1-3-6-9;1-8(2,3)4(5,6)7/h1-7,9,14H;1-8H;1-3H3/b7-6+;7-4+;. The van der Waals surface area contributed by atoms with Crippen molar-refractivity contribution in [2.24, 2.45) is 0 Å². The lowest BCUT2D eigenvalue weighted by Crippen LogP contribution is -2.40. The molecule has 0 spiro atoms. The lowest BCUT2D eigenvalue weighted by Gasteiger charge is -2.19. The number of aliphatic hydroxyl groups excluding tert-OH is 1. The third-order valence-electron chi connectivity index (χ3n) is 3.62. The van der Waals surface area contributed by atoms with Crippen molar-refractivity contribution in [1.29, 1.82) is 0 Å². The highest BCUT2D eigenvalue weighted by Gasteiger charge is 2.45. The van der Waals surface area contributed by atoms with Gasteiger partial charge in [0.1, 0.15) is 6.29 Å². The molecule has 32 heavy (non-hydrogen) atoms. The SMILES string of the molecule is C[Si](C)(C)C(F)(F)F.O=C/C=C/c1ccccc1.OC(/C=C/c1ccccc1)C(F)(F)F. The van der Waals surface area contributed by atoms with Crippen molar-refractivity contribution in [1.82, 2.24) is 0 Å². The molecule has 0 heterocycles.